The number of carboxylic acid groups (broad SMARTS) is 1. The maximum atomic E-state index is 10.8. The van der Waals surface area contributed by atoms with Gasteiger partial charge in [-0.25, -0.2) is 4.57 Å². The molecule has 0 saturated heterocycles. The minimum atomic E-state index is -4.64. The standard InChI is InChI=1S/C5H9O8P/c6-3-12-13-14(10,11)5(9)2-1-4(7)8/h6H,1-3H2,(H,7,8)(H,10,11). The molecule has 0 aromatic rings. The number of hydrogen-bond donors (Lipinski definition) is 3. The first-order chi connectivity index (χ1) is 6.40. The van der Waals surface area contributed by atoms with Crippen LogP contribution >= 0.6 is 7.60 Å². The summed E-state index contributed by atoms with van der Waals surface area (Å²) in [4.78, 5) is 33.3. The van der Waals surface area contributed by atoms with E-state index in [9.17, 15) is 14.2 Å². The zero-order valence-electron chi connectivity index (χ0n) is 6.95. The van der Waals surface area contributed by atoms with Gasteiger partial charge in [-0.3, -0.25) is 9.59 Å². The molecule has 0 aliphatic rings. The van der Waals surface area contributed by atoms with E-state index in [2.05, 4.69) is 9.56 Å². The number of carboxylic acids is 1. The Bertz CT molecular complexity index is 260. The molecule has 9 heteroatoms. The van der Waals surface area contributed by atoms with Crippen molar-refractivity contribution in [1.29, 1.82) is 0 Å². The van der Waals surface area contributed by atoms with Crippen LogP contribution in [0.2, 0.25) is 0 Å². The van der Waals surface area contributed by atoms with Gasteiger partial charge in [0, 0.05) is 6.42 Å². The van der Waals surface area contributed by atoms with Crippen LogP contribution in [-0.4, -0.2) is 33.4 Å². The number of carbonyl (C=O) groups excluding carboxylic acids is 1. The molecule has 3 N–H and O–H groups in total. The summed E-state index contributed by atoms with van der Waals surface area (Å²) in [6.45, 7) is -0.989. The Labute approximate surface area is 78.5 Å². The molecule has 0 bridgehead atoms. The molecular weight excluding hydrogens is 219 g/mol. The molecule has 1 atom stereocenters. The maximum absolute atomic E-state index is 10.8. The van der Waals surface area contributed by atoms with E-state index in [4.69, 9.17) is 15.1 Å². The molecule has 0 spiro atoms. The van der Waals surface area contributed by atoms with Crippen molar-refractivity contribution >= 4 is 19.1 Å². The van der Waals surface area contributed by atoms with Gasteiger partial charge in [-0.05, 0) is 0 Å². The topological polar surface area (TPSA) is 130 Å². The van der Waals surface area contributed by atoms with Gasteiger partial charge in [-0.1, -0.05) is 0 Å². The maximum Gasteiger partial charge on any atom is 0.420 e. The van der Waals surface area contributed by atoms with Gasteiger partial charge >= 0.3 is 13.6 Å². The lowest BCUT2D eigenvalue weighted by Crippen LogP contribution is -2.07. The molecule has 0 rings (SSSR count). The normalized spacial score (nSPS) is 14.7. The Morgan fingerprint density at radius 3 is 2.29 bits per heavy atom. The van der Waals surface area contributed by atoms with Gasteiger partial charge < -0.3 is 15.1 Å². The van der Waals surface area contributed by atoms with Gasteiger partial charge in [-0.2, -0.15) is 4.89 Å². The van der Waals surface area contributed by atoms with Crippen molar-refractivity contribution in [2.75, 3.05) is 6.79 Å². The Morgan fingerprint density at radius 1 is 1.29 bits per heavy atom. The smallest absolute Gasteiger partial charge is 0.420 e. The second kappa shape index (κ2) is 5.84. The van der Waals surface area contributed by atoms with E-state index in [1.807, 2.05) is 0 Å². The van der Waals surface area contributed by atoms with Gasteiger partial charge in [0.2, 0.25) is 5.52 Å². The summed E-state index contributed by atoms with van der Waals surface area (Å²) < 4.78 is 14.5. The quantitative estimate of drug-likeness (QED) is 0.229. The third kappa shape index (κ3) is 5.05. The first kappa shape index (κ1) is 13.2. The van der Waals surface area contributed by atoms with Crippen LogP contribution in [0.15, 0.2) is 0 Å². The van der Waals surface area contributed by atoms with E-state index in [0.29, 0.717) is 0 Å². The van der Waals surface area contributed by atoms with Crippen molar-refractivity contribution in [1.82, 2.24) is 0 Å². The van der Waals surface area contributed by atoms with Gasteiger partial charge in [0.05, 0.1) is 6.42 Å². The van der Waals surface area contributed by atoms with Crippen LogP contribution in [0.3, 0.4) is 0 Å². The number of hydrogen-bond acceptors (Lipinski definition) is 6. The molecule has 0 aromatic carbocycles. The summed E-state index contributed by atoms with van der Waals surface area (Å²) in [6, 6.07) is 0. The fourth-order valence-electron chi connectivity index (χ4n) is 0.492. The van der Waals surface area contributed by atoms with E-state index in [1.165, 1.54) is 0 Å². The molecule has 0 radical (unpaired) electrons. The molecular formula is C5H9O8P. The summed E-state index contributed by atoms with van der Waals surface area (Å²) in [5.74, 6) is -1.28. The van der Waals surface area contributed by atoms with Gasteiger partial charge in [0.1, 0.15) is 0 Å². The molecule has 14 heavy (non-hydrogen) atoms. The number of aliphatic carboxylic acids is 1. The van der Waals surface area contributed by atoms with Gasteiger partial charge in [0.25, 0.3) is 0 Å². The fraction of sp³-hybridized carbons (Fsp3) is 0.600. The predicted octanol–water partition coefficient (Wildman–Crippen LogP) is -0.539. The molecule has 0 aliphatic carbocycles. The van der Waals surface area contributed by atoms with Crippen molar-refractivity contribution in [2.24, 2.45) is 0 Å². The van der Waals surface area contributed by atoms with Crippen molar-refractivity contribution in [3.8, 4) is 0 Å². The number of carbonyl (C=O) groups is 2. The van der Waals surface area contributed by atoms with Crippen molar-refractivity contribution in [3.05, 3.63) is 0 Å². The lowest BCUT2D eigenvalue weighted by atomic mass is 10.3. The summed E-state index contributed by atoms with van der Waals surface area (Å²) in [6.07, 6.45) is -1.22. The zero-order chi connectivity index (χ0) is 11.2. The first-order valence-corrected chi connectivity index (χ1v) is 4.98. The molecule has 0 aromatic heterocycles. The average molecular weight is 228 g/mol. The van der Waals surface area contributed by atoms with Crippen LogP contribution in [0.1, 0.15) is 12.8 Å². The highest BCUT2D eigenvalue weighted by molar-refractivity contribution is 7.70. The molecule has 0 saturated carbocycles. The third-order valence-electron chi connectivity index (χ3n) is 1.07. The van der Waals surface area contributed by atoms with Gasteiger partial charge in [-0.15, -0.1) is 4.67 Å². The Balaban J connectivity index is 4.08. The monoisotopic (exact) mass is 228 g/mol. The minimum Gasteiger partial charge on any atom is -0.481 e. The van der Waals surface area contributed by atoms with E-state index in [0.717, 1.165) is 0 Å². The van der Waals surface area contributed by atoms with Crippen LogP contribution < -0.4 is 0 Å². The summed E-state index contributed by atoms with van der Waals surface area (Å²) in [5, 5.41) is 16.2. The molecule has 0 fully saturated rings. The Hall–Kier alpha value is -0.790. The molecule has 0 amide bonds. The van der Waals surface area contributed by atoms with Crippen LogP contribution in [-0.2, 0) is 23.7 Å². The van der Waals surface area contributed by atoms with E-state index < -0.39 is 38.7 Å². The van der Waals surface area contributed by atoms with E-state index in [1.54, 1.807) is 0 Å². The van der Waals surface area contributed by atoms with Crippen LogP contribution in [0.4, 0.5) is 0 Å². The summed E-state index contributed by atoms with van der Waals surface area (Å²) >= 11 is 0. The predicted molar refractivity (Wildman–Crippen MR) is 41.0 cm³/mol. The zero-order valence-corrected chi connectivity index (χ0v) is 7.85. The summed E-state index contributed by atoms with van der Waals surface area (Å²) in [7, 11) is -4.64. The second-order valence-corrected chi connectivity index (χ2v) is 3.82. The lowest BCUT2D eigenvalue weighted by Gasteiger charge is -2.07. The van der Waals surface area contributed by atoms with Crippen LogP contribution in [0, 0.1) is 0 Å². The molecule has 1 unspecified atom stereocenters. The van der Waals surface area contributed by atoms with Crippen molar-refractivity contribution in [3.63, 3.8) is 0 Å². The Morgan fingerprint density at radius 2 is 1.86 bits per heavy atom. The molecule has 0 aliphatic heterocycles. The number of aliphatic hydroxyl groups excluding tert-OH is 1. The van der Waals surface area contributed by atoms with E-state index in [-0.39, 0.29) is 0 Å². The van der Waals surface area contributed by atoms with Crippen molar-refractivity contribution in [2.45, 2.75) is 12.8 Å². The molecule has 82 valence electrons. The average Bonchev–Trinajstić information content (AvgIpc) is 2.10. The van der Waals surface area contributed by atoms with Gasteiger partial charge in [0.15, 0.2) is 6.79 Å². The highest BCUT2D eigenvalue weighted by Crippen LogP contribution is 2.44. The largest absolute Gasteiger partial charge is 0.481 e. The van der Waals surface area contributed by atoms with E-state index >= 15 is 0 Å². The van der Waals surface area contributed by atoms with Crippen LogP contribution in [0.5, 0.6) is 0 Å². The Kier molecular flexibility index (Phi) is 5.51. The number of rotatable bonds is 7. The summed E-state index contributed by atoms with van der Waals surface area (Å²) in [5.41, 5.74) is -1.28. The van der Waals surface area contributed by atoms with Crippen molar-refractivity contribution < 1.29 is 38.8 Å². The third-order valence-corrected chi connectivity index (χ3v) is 2.24. The highest BCUT2D eigenvalue weighted by Gasteiger charge is 2.31. The highest BCUT2D eigenvalue weighted by atomic mass is 31.2. The SMILES string of the molecule is O=C(O)CCC(=O)P(=O)(O)OOCO. The van der Waals surface area contributed by atoms with Crippen LogP contribution in [0.25, 0.3) is 0 Å². The second-order valence-electron chi connectivity index (χ2n) is 2.13. The lowest BCUT2D eigenvalue weighted by molar-refractivity contribution is -0.258. The fourth-order valence-corrected chi connectivity index (χ4v) is 1.16. The number of aliphatic hydroxyl groups is 1. The first-order valence-electron chi connectivity index (χ1n) is 3.40. The molecule has 0 heterocycles. The minimum absolute atomic E-state index is 0.578. The molecule has 8 nitrogen and oxygen atoms in total.